The molecular weight excluding hydrogens is 224 g/mol. The molecule has 1 aliphatic carbocycles. The van der Waals surface area contributed by atoms with Crippen molar-refractivity contribution in [3.63, 3.8) is 0 Å². The molecule has 0 radical (unpaired) electrons. The van der Waals surface area contributed by atoms with Crippen LogP contribution in [0.4, 0.5) is 0 Å². The first-order valence-corrected chi connectivity index (χ1v) is 7.42. The Morgan fingerprint density at radius 3 is 2.67 bits per heavy atom. The molecule has 1 N–H and O–H groups in total. The lowest BCUT2D eigenvalue weighted by molar-refractivity contribution is 0.322. The Hall–Kier alpha value is -0.900. The van der Waals surface area contributed by atoms with E-state index in [1.54, 1.807) is 0 Å². The SMILES string of the molecule is CCCn1nncc1C(NC)C1CCCCCC1. The lowest BCUT2D eigenvalue weighted by atomic mass is 9.90. The van der Waals surface area contributed by atoms with Crippen molar-refractivity contribution in [2.45, 2.75) is 64.5 Å². The zero-order valence-corrected chi connectivity index (χ0v) is 11.7. The van der Waals surface area contributed by atoms with Crippen LogP contribution in [0, 0.1) is 5.92 Å². The molecule has 1 atom stereocenters. The molecule has 1 saturated carbocycles. The van der Waals surface area contributed by atoms with E-state index in [1.165, 1.54) is 44.2 Å². The molecule has 4 heteroatoms. The summed E-state index contributed by atoms with van der Waals surface area (Å²) in [6, 6.07) is 0.421. The van der Waals surface area contributed by atoms with Gasteiger partial charge in [0.1, 0.15) is 0 Å². The predicted octanol–water partition coefficient (Wildman–Crippen LogP) is 2.92. The van der Waals surface area contributed by atoms with Crippen LogP contribution in [0.15, 0.2) is 6.20 Å². The Morgan fingerprint density at radius 1 is 1.33 bits per heavy atom. The lowest BCUT2D eigenvalue weighted by Crippen LogP contribution is -2.27. The van der Waals surface area contributed by atoms with Gasteiger partial charge in [-0.15, -0.1) is 5.10 Å². The maximum atomic E-state index is 4.22. The number of nitrogens with one attached hydrogen (secondary N) is 1. The summed E-state index contributed by atoms with van der Waals surface area (Å²) in [4.78, 5) is 0. The van der Waals surface area contributed by atoms with Gasteiger partial charge in [0.15, 0.2) is 0 Å². The van der Waals surface area contributed by atoms with Crippen LogP contribution < -0.4 is 5.32 Å². The maximum absolute atomic E-state index is 4.22. The standard InChI is InChI=1S/C14H26N4/c1-3-10-18-13(11-16-17-18)14(15-2)12-8-6-4-5-7-9-12/h11-12,14-15H,3-10H2,1-2H3. The van der Waals surface area contributed by atoms with E-state index in [9.17, 15) is 0 Å². The Kier molecular flexibility index (Phi) is 5.17. The average molecular weight is 250 g/mol. The molecule has 1 unspecified atom stereocenters. The van der Waals surface area contributed by atoms with E-state index in [4.69, 9.17) is 0 Å². The summed E-state index contributed by atoms with van der Waals surface area (Å²) in [6.07, 6.45) is 11.3. The van der Waals surface area contributed by atoms with Gasteiger partial charge in [-0.3, -0.25) is 0 Å². The third-order valence-electron chi connectivity index (χ3n) is 4.08. The van der Waals surface area contributed by atoms with E-state index in [0.29, 0.717) is 6.04 Å². The summed E-state index contributed by atoms with van der Waals surface area (Å²) in [5, 5.41) is 11.8. The molecule has 18 heavy (non-hydrogen) atoms. The Balaban J connectivity index is 2.12. The Labute approximate surface area is 110 Å². The van der Waals surface area contributed by atoms with E-state index in [1.807, 2.05) is 6.20 Å². The van der Waals surface area contributed by atoms with E-state index >= 15 is 0 Å². The highest BCUT2D eigenvalue weighted by Gasteiger charge is 2.25. The van der Waals surface area contributed by atoms with E-state index in [-0.39, 0.29) is 0 Å². The van der Waals surface area contributed by atoms with Crippen LogP contribution >= 0.6 is 0 Å². The molecule has 1 fully saturated rings. The van der Waals surface area contributed by atoms with Crippen molar-refractivity contribution in [2.24, 2.45) is 5.92 Å². The highest BCUT2D eigenvalue weighted by Crippen LogP contribution is 2.33. The number of hydrogen-bond donors (Lipinski definition) is 1. The molecule has 1 aliphatic rings. The van der Waals surface area contributed by atoms with E-state index in [0.717, 1.165) is 18.9 Å². The second kappa shape index (κ2) is 6.88. The fourth-order valence-corrected chi connectivity index (χ4v) is 3.16. The smallest absolute Gasteiger partial charge is 0.0759 e. The minimum absolute atomic E-state index is 0.421. The summed E-state index contributed by atoms with van der Waals surface area (Å²) in [5.41, 5.74) is 1.27. The van der Waals surface area contributed by atoms with Crippen LogP contribution in [-0.2, 0) is 6.54 Å². The van der Waals surface area contributed by atoms with Gasteiger partial charge in [-0.05, 0) is 32.2 Å². The first-order valence-electron chi connectivity index (χ1n) is 7.42. The predicted molar refractivity (Wildman–Crippen MR) is 73.3 cm³/mol. The summed E-state index contributed by atoms with van der Waals surface area (Å²) in [7, 11) is 2.07. The van der Waals surface area contributed by atoms with E-state index in [2.05, 4.69) is 34.3 Å². The van der Waals surface area contributed by atoms with Crippen LogP contribution in [0.3, 0.4) is 0 Å². The third-order valence-corrected chi connectivity index (χ3v) is 4.08. The van der Waals surface area contributed by atoms with Crippen LogP contribution in [-0.4, -0.2) is 22.0 Å². The zero-order chi connectivity index (χ0) is 12.8. The topological polar surface area (TPSA) is 42.7 Å². The fraction of sp³-hybridized carbons (Fsp3) is 0.857. The first-order chi connectivity index (χ1) is 8.86. The second-order valence-corrected chi connectivity index (χ2v) is 5.40. The molecule has 4 nitrogen and oxygen atoms in total. The highest BCUT2D eigenvalue weighted by molar-refractivity contribution is 5.04. The average Bonchev–Trinajstić information content (AvgIpc) is 2.66. The molecule has 102 valence electrons. The third kappa shape index (κ3) is 3.10. The molecule has 0 saturated heterocycles. The van der Waals surface area contributed by atoms with Gasteiger partial charge in [0.05, 0.1) is 17.9 Å². The van der Waals surface area contributed by atoms with Crippen molar-refractivity contribution in [3.8, 4) is 0 Å². The van der Waals surface area contributed by atoms with Gasteiger partial charge in [-0.2, -0.15) is 0 Å². The van der Waals surface area contributed by atoms with Gasteiger partial charge < -0.3 is 5.32 Å². The van der Waals surface area contributed by atoms with Gasteiger partial charge >= 0.3 is 0 Å². The second-order valence-electron chi connectivity index (χ2n) is 5.40. The fourth-order valence-electron chi connectivity index (χ4n) is 3.16. The summed E-state index contributed by atoms with van der Waals surface area (Å²) in [6.45, 7) is 3.16. The molecular formula is C14H26N4. The first kappa shape index (κ1) is 13.5. The van der Waals surface area contributed by atoms with Gasteiger partial charge in [-0.25, -0.2) is 4.68 Å². The maximum Gasteiger partial charge on any atom is 0.0759 e. The lowest BCUT2D eigenvalue weighted by Gasteiger charge is -2.26. The largest absolute Gasteiger partial charge is 0.311 e. The number of aromatic nitrogens is 3. The van der Waals surface area contributed by atoms with Crippen molar-refractivity contribution >= 4 is 0 Å². The molecule has 1 heterocycles. The normalized spacial score (nSPS) is 19.7. The van der Waals surface area contributed by atoms with Crippen molar-refractivity contribution in [2.75, 3.05) is 7.05 Å². The van der Waals surface area contributed by atoms with Crippen LogP contribution in [0.5, 0.6) is 0 Å². The van der Waals surface area contributed by atoms with E-state index < -0.39 is 0 Å². The van der Waals surface area contributed by atoms with Gasteiger partial charge in [-0.1, -0.05) is 37.8 Å². The summed E-state index contributed by atoms with van der Waals surface area (Å²) in [5.74, 6) is 0.742. The van der Waals surface area contributed by atoms with Gasteiger partial charge in [0, 0.05) is 6.54 Å². The van der Waals surface area contributed by atoms with Crippen molar-refractivity contribution in [1.29, 1.82) is 0 Å². The Bertz CT molecular complexity index is 339. The number of hydrogen-bond acceptors (Lipinski definition) is 3. The zero-order valence-electron chi connectivity index (χ0n) is 11.7. The summed E-state index contributed by atoms with van der Waals surface area (Å²) >= 11 is 0. The van der Waals surface area contributed by atoms with Crippen LogP contribution in [0.25, 0.3) is 0 Å². The number of aryl methyl sites for hydroxylation is 1. The molecule has 0 aliphatic heterocycles. The van der Waals surface area contributed by atoms with Crippen LogP contribution in [0.1, 0.15) is 63.6 Å². The summed E-state index contributed by atoms with van der Waals surface area (Å²) < 4.78 is 2.08. The molecule has 0 amide bonds. The molecule has 0 spiro atoms. The minimum atomic E-state index is 0.421. The number of nitrogens with zero attached hydrogens (tertiary/aromatic N) is 3. The van der Waals surface area contributed by atoms with Crippen molar-refractivity contribution in [1.82, 2.24) is 20.3 Å². The Morgan fingerprint density at radius 2 is 2.06 bits per heavy atom. The van der Waals surface area contributed by atoms with Crippen LogP contribution in [0.2, 0.25) is 0 Å². The molecule has 1 aromatic heterocycles. The van der Waals surface area contributed by atoms with Gasteiger partial charge in [0.2, 0.25) is 0 Å². The quantitative estimate of drug-likeness (QED) is 0.817. The molecule has 0 bridgehead atoms. The number of rotatable bonds is 5. The molecule has 1 aromatic rings. The molecule has 0 aromatic carbocycles. The van der Waals surface area contributed by atoms with Crippen molar-refractivity contribution in [3.05, 3.63) is 11.9 Å². The highest BCUT2D eigenvalue weighted by atomic mass is 15.4. The molecule has 2 rings (SSSR count). The monoisotopic (exact) mass is 250 g/mol. The van der Waals surface area contributed by atoms with Gasteiger partial charge in [0.25, 0.3) is 0 Å². The van der Waals surface area contributed by atoms with Crippen molar-refractivity contribution < 1.29 is 0 Å². The minimum Gasteiger partial charge on any atom is -0.311 e.